The molecular formula is C16H13ClN2O5. The summed E-state index contributed by atoms with van der Waals surface area (Å²) in [5.74, 6) is 0.393. The van der Waals surface area contributed by atoms with Crippen molar-refractivity contribution in [2.45, 2.75) is 19.8 Å². The molecule has 0 unspecified atom stereocenters. The Labute approximate surface area is 140 Å². The number of carbonyl (C=O) groups is 1. The van der Waals surface area contributed by atoms with Gasteiger partial charge in [-0.1, -0.05) is 11.6 Å². The van der Waals surface area contributed by atoms with E-state index in [0.29, 0.717) is 30.6 Å². The molecule has 0 bridgehead atoms. The number of benzene rings is 1. The molecule has 0 aliphatic carbocycles. The third kappa shape index (κ3) is 3.16. The number of carbonyl (C=O) groups excluding carboxylic acids is 1. The number of nitrogens with one attached hydrogen (secondary N) is 1. The van der Waals surface area contributed by atoms with Gasteiger partial charge in [0, 0.05) is 11.8 Å². The Morgan fingerprint density at radius 3 is 2.92 bits per heavy atom. The molecule has 0 amide bonds. The Balaban J connectivity index is 2.00. The maximum Gasteiger partial charge on any atom is 0.351 e. The maximum absolute atomic E-state index is 11.8. The second kappa shape index (κ2) is 6.45. The van der Waals surface area contributed by atoms with Crippen molar-refractivity contribution in [2.24, 2.45) is 0 Å². The Hall–Kier alpha value is -2.67. The van der Waals surface area contributed by atoms with Crippen LogP contribution in [0.25, 0.3) is 22.4 Å². The number of nitrogens with zero attached hydrogens (tertiary/aromatic N) is 1. The van der Waals surface area contributed by atoms with Crippen LogP contribution in [0.1, 0.15) is 19.8 Å². The second-order valence-corrected chi connectivity index (χ2v) is 5.66. The zero-order chi connectivity index (χ0) is 17.3. The molecule has 0 aromatic heterocycles. The summed E-state index contributed by atoms with van der Waals surface area (Å²) in [5.41, 5.74) is -0.932. The number of H-pyrrole nitrogens is 1. The van der Waals surface area contributed by atoms with Gasteiger partial charge in [-0.25, -0.2) is 4.79 Å². The molecule has 124 valence electrons. The van der Waals surface area contributed by atoms with E-state index in [-0.39, 0.29) is 27.8 Å². The highest BCUT2D eigenvalue weighted by molar-refractivity contribution is 6.36. The molecule has 7 nitrogen and oxygen atoms in total. The standard InChI is InChI=1S/C16H13ClN2O5/c1-8(20)3-2-6-23-11-5-4-9-7-10-14(21)18-16(22)19-15(10)24-13(9)12(11)17/h4-5,7H,2-3,6H2,1H3,(H,18,21,22). The topological polar surface area (TPSA) is 102 Å². The molecule has 8 heteroatoms. The van der Waals surface area contributed by atoms with E-state index in [2.05, 4.69) is 9.97 Å². The average molecular weight is 349 g/mol. The van der Waals surface area contributed by atoms with Crippen LogP contribution in [-0.4, -0.2) is 22.4 Å². The summed E-state index contributed by atoms with van der Waals surface area (Å²) in [6, 6.07) is 4.89. The van der Waals surface area contributed by atoms with Gasteiger partial charge < -0.3 is 13.9 Å². The number of ketones is 1. The summed E-state index contributed by atoms with van der Waals surface area (Å²) in [6.07, 6.45) is 1.01. The van der Waals surface area contributed by atoms with Crippen molar-refractivity contribution in [3.63, 3.8) is 0 Å². The lowest BCUT2D eigenvalue weighted by atomic mass is 10.1. The number of ether oxygens (including phenoxy) is 1. The summed E-state index contributed by atoms with van der Waals surface area (Å²) >= 11 is 6.29. The van der Waals surface area contributed by atoms with Gasteiger partial charge >= 0.3 is 5.69 Å². The quantitative estimate of drug-likeness (QED) is 0.561. The van der Waals surface area contributed by atoms with E-state index in [1.54, 1.807) is 18.2 Å². The number of hydrogen-bond acceptors (Lipinski definition) is 6. The minimum atomic E-state index is -0.789. The average Bonchev–Trinajstić information content (AvgIpc) is 2.52. The van der Waals surface area contributed by atoms with Gasteiger partial charge in [0.15, 0.2) is 5.58 Å². The van der Waals surface area contributed by atoms with Gasteiger partial charge in [-0.3, -0.25) is 9.78 Å². The van der Waals surface area contributed by atoms with E-state index >= 15 is 0 Å². The number of rotatable bonds is 5. The van der Waals surface area contributed by atoms with Crippen molar-refractivity contribution in [1.29, 1.82) is 0 Å². The van der Waals surface area contributed by atoms with Crippen molar-refractivity contribution in [3.05, 3.63) is 44.1 Å². The predicted octanol–water partition coefficient (Wildman–Crippen LogP) is 2.38. The lowest BCUT2D eigenvalue weighted by molar-refractivity contribution is -0.117. The predicted molar refractivity (Wildman–Crippen MR) is 87.9 cm³/mol. The molecule has 3 rings (SSSR count). The zero-order valence-corrected chi connectivity index (χ0v) is 13.5. The molecule has 1 aromatic carbocycles. The van der Waals surface area contributed by atoms with Gasteiger partial charge in [-0.15, -0.1) is 0 Å². The van der Waals surface area contributed by atoms with Gasteiger partial charge in [0.1, 0.15) is 22.1 Å². The molecule has 0 saturated heterocycles. The van der Waals surface area contributed by atoms with E-state index in [1.807, 2.05) is 0 Å². The van der Waals surface area contributed by atoms with Gasteiger partial charge in [-0.2, -0.15) is 4.98 Å². The number of aromatic amines is 1. The molecule has 0 spiro atoms. The molecule has 0 fully saturated rings. The fourth-order valence-electron chi connectivity index (χ4n) is 2.28. The molecule has 2 aliphatic heterocycles. The molecule has 1 N–H and O–H groups in total. The van der Waals surface area contributed by atoms with Crippen molar-refractivity contribution in [3.8, 4) is 17.2 Å². The van der Waals surface area contributed by atoms with Crippen LogP contribution in [0, 0.1) is 0 Å². The highest BCUT2D eigenvalue weighted by Crippen LogP contribution is 2.35. The van der Waals surface area contributed by atoms with E-state index in [9.17, 15) is 14.4 Å². The van der Waals surface area contributed by atoms with E-state index in [0.717, 1.165) is 0 Å². The van der Waals surface area contributed by atoms with Crippen LogP contribution in [0.2, 0.25) is 5.02 Å². The largest absolute Gasteiger partial charge is 0.492 e. The van der Waals surface area contributed by atoms with Gasteiger partial charge in [-0.05, 0) is 31.5 Å². The number of aromatic nitrogens is 2. The second-order valence-electron chi connectivity index (χ2n) is 5.29. The zero-order valence-electron chi connectivity index (χ0n) is 12.7. The van der Waals surface area contributed by atoms with Crippen LogP contribution in [0.15, 0.2) is 32.2 Å². The van der Waals surface area contributed by atoms with Crippen molar-refractivity contribution in [1.82, 2.24) is 9.97 Å². The molecule has 0 radical (unpaired) electrons. The SMILES string of the molecule is CC(=O)CCCOc1ccc2cc3c(=O)[nH]c(=O)nc-3oc2c1Cl. The normalized spacial score (nSPS) is 11.1. The summed E-state index contributed by atoms with van der Waals surface area (Å²) in [4.78, 5) is 39.7. The number of fused-ring (bicyclic) bond motifs is 2. The number of Topliss-reactive ketones (excluding diaryl/α,β-unsaturated/α-hetero) is 1. The highest BCUT2D eigenvalue weighted by Gasteiger charge is 2.17. The fraction of sp³-hybridized carbons (Fsp3) is 0.250. The molecule has 0 atom stereocenters. The summed E-state index contributed by atoms with van der Waals surface area (Å²) in [6.45, 7) is 1.85. The van der Waals surface area contributed by atoms with Crippen LogP contribution in [0.3, 0.4) is 0 Å². The molecule has 2 aliphatic rings. The van der Waals surface area contributed by atoms with Crippen molar-refractivity contribution in [2.75, 3.05) is 6.61 Å². The fourth-order valence-corrected chi connectivity index (χ4v) is 2.55. The van der Waals surface area contributed by atoms with E-state index < -0.39 is 11.2 Å². The smallest absolute Gasteiger partial charge is 0.351 e. The van der Waals surface area contributed by atoms with Crippen LogP contribution < -0.4 is 16.0 Å². The first-order valence-electron chi connectivity index (χ1n) is 7.24. The molecule has 1 aromatic rings. The number of hydrogen-bond donors (Lipinski definition) is 1. The minimum Gasteiger partial charge on any atom is -0.492 e. The van der Waals surface area contributed by atoms with Gasteiger partial charge in [0.25, 0.3) is 5.56 Å². The third-order valence-electron chi connectivity index (χ3n) is 3.42. The Bertz CT molecular complexity index is 1010. The Morgan fingerprint density at radius 1 is 1.38 bits per heavy atom. The third-order valence-corrected chi connectivity index (χ3v) is 3.78. The lowest BCUT2D eigenvalue weighted by Gasteiger charge is -2.10. The summed E-state index contributed by atoms with van der Waals surface area (Å²) in [7, 11) is 0. The first kappa shape index (κ1) is 16.2. The van der Waals surface area contributed by atoms with Crippen LogP contribution in [0.4, 0.5) is 0 Å². The van der Waals surface area contributed by atoms with Crippen LogP contribution >= 0.6 is 11.6 Å². The van der Waals surface area contributed by atoms with Crippen molar-refractivity contribution < 1.29 is 13.9 Å². The highest BCUT2D eigenvalue weighted by atomic mass is 35.5. The Morgan fingerprint density at radius 2 is 2.17 bits per heavy atom. The number of halogens is 1. The maximum atomic E-state index is 11.8. The van der Waals surface area contributed by atoms with Gasteiger partial charge in [0.2, 0.25) is 5.89 Å². The molecule has 0 saturated carbocycles. The molecule has 2 heterocycles. The lowest BCUT2D eigenvalue weighted by Crippen LogP contribution is -2.24. The minimum absolute atomic E-state index is 0.0909. The molecule has 24 heavy (non-hydrogen) atoms. The first-order valence-corrected chi connectivity index (χ1v) is 7.62. The van der Waals surface area contributed by atoms with Crippen molar-refractivity contribution >= 4 is 28.4 Å². The van der Waals surface area contributed by atoms with Gasteiger partial charge in [0.05, 0.1) is 6.61 Å². The summed E-state index contributed by atoms with van der Waals surface area (Å²) < 4.78 is 11.1. The Kier molecular flexibility index (Phi) is 4.35. The van der Waals surface area contributed by atoms with Crippen LogP contribution in [-0.2, 0) is 4.79 Å². The van der Waals surface area contributed by atoms with E-state index in [4.69, 9.17) is 20.8 Å². The van der Waals surface area contributed by atoms with E-state index in [1.165, 1.54) is 6.92 Å². The first-order chi connectivity index (χ1) is 11.5. The monoisotopic (exact) mass is 348 g/mol. The molecular weight excluding hydrogens is 336 g/mol. The van der Waals surface area contributed by atoms with Crippen LogP contribution in [0.5, 0.6) is 5.75 Å². The summed E-state index contributed by atoms with van der Waals surface area (Å²) in [5, 5.41) is 0.793.